The summed E-state index contributed by atoms with van der Waals surface area (Å²) in [7, 11) is 0. The van der Waals surface area contributed by atoms with Gasteiger partial charge in [-0.2, -0.15) is 4.98 Å². The first kappa shape index (κ1) is 18.6. The summed E-state index contributed by atoms with van der Waals surface area (Å²) in [5, 5.41) is 15.4. The minimum atomic E-state index is -1.05. The lowest BCUT2D eigenvalue weighted by atomic mass is 10.0. The molecule has 25 heavy (non-hydrogen) atoms. The fourth-order valence-electron chi connectivity index (χ4n) is 2.23. The molecule has 1 atom stereocenters. The van der Waals surface area contributed by atoms with Crippen molar-refractivity contribution in [2.45, 2.75) is 39.2 Å². The van der Waals surface area contributed by atoms with Crippen LogP contribution in [0.25, 0.3) is 11.4 Å². The highest BCUT2D eigenvalue weighted by molar-refractivity contribution is 5.83. The van der Waals surface area contributed by atoms with Crippen molar-refractivity contribution in [2.24, 2.45) is 5.92 Å². The van der Waals surface area contributed by atoms with E-state index in [0.717, 1.165) is 0 Å². The number of carboxylic acid groups (broad SMARTS) is 1. The highest BCUT2D eigenvalue weighted by Crippen LogP contribution is 2.16. The topological polar surface area (TPSA) is 105 Å². The maximum Gasteiger partial charge on any atom is 0.326 e. The van der Waals surface area contributed by atoms with E-state index in [4.69, 9.17) is 9.63 Å². The molecule has 0 bridgehead atoms. The molecular weight excluding hydrogens is 329 g/mol. The van der Waals surface area contributed by atoms with Crippen molar-refractivity contribution in [3.63, 3.8) is 0 Å². The van der Waals surface area contributed by atoms with E-state index in [1.165, 1.54) is 12.1 Å². The van der Waals surface area contributed by atoms with Crippen molar-refractivity contribution in [2.75, 3.05) is 0 Å². The molecule has 2 rings (SSSR count). The number of amides is 1. The first-order chi connectivity index (χ1) is 11.9. The summed E-state index contributed by atoms with van der Waals surface area (Å²) in [5.41, 5.74) is 0.635. The zero-order valence-corrected chi connectivity index (χ0v) is 14.0. The second-order valence-electron chi connectivity index (χ2n) is 6.00. The van der Waals surface area contributed by atoms with Gasteiger partial charge in [-0.15, -0.1) is 0 Å². The number of halogens is 1. The monoisotopic (exact) mass is 349 g/mol. The van der Waals surface area contributed by atoms with E-state index >= 15 is 0 Å². The lowest BCUT2D eigenvalue weighted by Crippen LogP contribution is -2.44. The number of hydrogen-bond acceptors (Lipinski definition) is 5. The van der Waals surface area contributed by atoms with Crippen LogP contribution in [0.4, 0.5) is 4.39 Å². The van der Waals surface area contributed by atoms with Gasteiger partial charge in [0.25, 0.3) is 0 Å². The molecular formula is C17H20FN3O4. The normalized spacial score (nSPS) is 12.2. The molecule has 0 aliphatic rings. The Hall–Kier alpha value is -2.77. The Balaban J connectivity index is 1.83. The number of carbonyl (C=O) groups excluding carboxylic acids is 1. The molecule has 7 nitrogen and oxygen atoms in total. The number of benzene rings is 1. The van der Waals surface area contributed by atoms with Gasteiger partial charge in [0.2, 0.25) is 17.6 Å². The van der Waals surface area contributed by atoms with Gasteiger partial charge in [-0.25, -0.2) is 9.18 Å². The first-order valence-corrected chi connectivity index (χ1v) is 7.97. The highest BCUT2D eigenvalue weighted by atomic mass is 19.1. The van der Waals surface area contributed by atoms with Gasteiger partial charge in [-0.05, 0) is 36.6 Å². The average Bonchev–Trinajstić information content (AvgIpc) is 3.01. The summed E-state index contributed by atoms with van der Waals surface area (Å²) in [5.74, 6) is -1.21. The molecule has 0 saturated carbocycles. The van der Waals surface area contributed by atoms with Crippen molar-refractivity contribution in [3.8, 4) is 11.4 Å². The van der Waals surface area contributed by atoms with Gasteiger partial charge in [0.05, 0.1) is 0 Å². The smallest absolute Gasteiger partial charge is 0.326 e. The molecule has 0 fully saturated rings. The Kier molecular flexibility index (Phi) is 6.21. The van der Waals surface area contributed by atoms with Crippen LogP contribution in [0.5, 0.6) is 0 Å². The minimum absolute atomic E-state index is 0.158. The lowest BCUT2D eigenvalue weighted by molar-refractivity contribution is -0.143. The number of hydrogen-bond donors (Lipinski definition) is 2. The number of rotatable bonds is 8. The molecule has 1 aromatic carbocycles. The Bertz CT molecular complexity index is 728. The van der Waals surface area contributed by atoms with E-state index in [9.17, 15) is 14.0 Å². The predicted molar refractivity (Wildman–Crippen MR) is 87.0 cm³/mol. The van der Waals surface area contributed by atoms with E-state index < -0.39 is 12.0 Å². The van der Waals surface area contributed by atoms with Crippen molar-refractivity contribution < 1.29 is 23.6 Å². The quantitative estimate of drug-likeness (QED) is 0.758. The van der Waals surface area contributed by atoms with Crippen LogP contribution in [0.3, 0.4) is 0 Å². The summed E-state index contributed by atoms with van der Waals surface area (Å²) in [6, 6.07) is 4.82. The maximum atomic E-state index is 12.9. The van der Waals surface area contributed by atoms with Crippen LogP contribution >= 0.6 is 0 Å². The van der Waals surface area contributed by atoms with Crippen LogP contribution < -0.4 is 5.32 Å². The Morgan fingerprint density at radius 2 is 1.96 bits per heavy atom. The summed E-state index contributed by atoms with van der Waals surface area (Å²) in [6.45, 7) is 3.46. The van der Waals surface area contributed by atoms with Gasteiger partial charge in [-0.3, -0.25) is 4.79 Å². The molecule has 1 amide bonds. The number of aliphatic carboxylic acids is 1. The van der Waals surface area contributed by atoms with Crippen LogP contribution in [0.1, 0.15) is 32.6 Å². The van der Waals surface area contributed by atoms with E-state index in [2.05, 4.69) is 15.5 Å². The van der Waals surface area contributed by atoms with Gasteiger partial charge in [0.15, 0.2) is 0 Å². The summed E-state index contributed by atoms with van der Waals surface area (Å²) >= 11 is 0. The van der Waals surface area contributed by atoms with E-state index in [1.54, 1.807) is 26.0 Å². The van der Waals surface area contributed by atoms with Crippen LogP contribution in [-0.2, 0) is 16.0 Å². The summed E-state index contributed by atoms with van der Waals surface area (Å²) < 4.78 is 18.0. The number of nitrogens with zero attached hydrogens (tertiary/aromatic N) is 2. The van der Waals surface area contributed by atoms with E-state index in [0.29, 0.717) is 30.1 Å². The van der Waals surface area contributed by atoms with E-state index in [1.807, 2.05) is 0 Å². The third kappa shape index (κ3) is 5.37. The Morgan fingerprint density at radius 1 is 1.28 bits per heavy atom. The Morgan fingerprint density at radius 3 is 2.56 bits per heavy atom. The zero-order valence-electron chi connectivity index (χ0n) is 14.0. The van der Waals surface area contributed by atoms with Gasteiger partial charge in [-0.1, -0.05) is 19.0 Å². The number of nitrogens with one attached hydrogen (secondary N) is 1. The third-order valence-electron chi connectivity index (χ3n) is 3.61. The fraction of sp³-hybridized carbons (Fsp3) is 0.412. The van der Waals surface area contributed by atoms with Crippen LogP contribution in [0.15, 0.2) is 28.8 Å². The minimum Gasteiger partial charge on any atom is -0.480 e. The number of aromatic nitrogens is 2. The number of carbonyl (C=O) groups is 2. The molecule has 2 N–H and O–H groups in total. The molecule has 2 aromatic rings. The molecule has 134 valence electrons. The van der Waals surface area contributed by atoms with Crippen LogP contribution in [0, 0.1) is 11.7 Å². The second kappa shape index (κ2) is 8.36. The van der Waals surface area contributed by atoms with Crippen molar-refractivity contribution in [1.82, 2.24) is 15.5 Å². The molecule has 0 spiro atoms. The molecule has 0 unspecified atom stereocenters. The maximum absolute atomic E-state index is 12.9. The standard InChI is InChI=1S/C17H20FN3O4/c1-10(2)15(17(23)24)19-13(22)4-3-5-14-20-16(21-25-14)11-6-8-12(18)9-7-11/h6-10,15H,3-5H2,1-2H3,(H,19,22)(H,23,24)/t15-/m1/s1. The average molecular weight is 349 g/mol. The molecule has 8 heteroatoms. The number of carboxylic acids is 1. The Labute approximate surface area is 144 Å². The van der Waals surface area contributed by atoms with Crippen molar-refractivity contribution >= 4 is 11.9 Å². The molecule has 0 saturated heterocycles. The van der Waals surface area contributed by atoms with Gasteiger partial charge < -0.3 is 14.9 Å². The zero-order chi connectivity index (χ0) is 18.4. The van der Waals surface area contributed by atoms with Crippen LogP contribution in [-0.4, -0.2) is 33.2 Å². The fourth-order valence-corrected chi connectivity index (χ4v) is 2.23. The first-order valence-electron chi connectivity index (χ1n) is 7.97. The number of aryl methyl sites for hydroxylation is 1. The van der Waals surface area contributed by atoms with E-state index in [-0.39, 0.29) is 24.1 Å². The third-order valence-corrected chi connectivity index (χ3v) is 3.61. The molecule has 1 heterocycles. The second-order valence-corrected chi connectivity index (χ2v) is 6.00. The SMILES string of the molecule is CC(C)[C@@H](NC(=O)CCCc1nc(-c2ccc(F)cc2)no1)C(=O)O. The van der Waals surface area contributed by atoms with Crippen molar-refractivity contribution in [1.29, 1.82) is 0 Å². The molecule has 1 aromatic heterocycles. The van der Waals surface area contributed by atoms with Gasteiger partial charge in [0, 0.05) is 18.4 Å². The van der Waals surface area contributed by atoms with Crippen LogP contribution in [0.2, 0.25) is 0 Å². The van der Waals surface area contributed by atoms with Gasteiger partial charge >= 0.3 is 5.97 Å². The summed E-state index contributed by atoms with van der Waals surface area (Å²) in [6.07, 6.45) is 0.993. The molecule has 0 aliphatic carbocycles. The highest BCUT2D eigenvalue weighted by Gasteiger charge is 2.23. The summed E-state index contributed by atoms with van der Waals surface area (Å²) in [4.78, 5) is 27.1. The van der Waals surface area contributed by atoms with Gasteiger partial charge in [0.1, 0.15) is 11.9 Å². The largest absolute Gasteiger partial charge is 0.480 e. The molecule has 0 aliphatic heterocycles. The molecule has 0 radical (unpaired) electrons. The lowest BCUT2D eigenvalue weighted by Gasteiger charge is -2.17. The van der Waals surface area contributed by atoms with Crippen molar-refractivity contribution in [3.05, 3.63) is 36.0 Å². The predicted octanol–water partition coefficient (Wildman–Crippen LogP) is 2.42.